The van der Waals surface area contributed by atoms with E-state index in [0.29, 0.717) is 15.8 Å². The zero-order valence-corrected chi connectivity index (χ0v) is 13.8. The van der Waals surface area contributed by atoms with Gasteiger partial charge in [0.15, 0.2) is 10.2 Å². The number of anilines is 2. The summed E-state index contributed by atoms with van der Waals surface area (Å²) < 4.78 is 5.61. The fourth-order valence-corrected chi connectivity index (χ4v) is 3.19. The van der Waals surface area contributed by atoms with Crippen LogP contribution in [0.15, 0.2) is 48.5 Å². The summed E-state index contributed by atoms with van der Waals surface area (Å²) in [6, 6.07) is 14.9. The van der Waals surface area contributed by atoms with Crippen molar-refractivity contribution in [3.8, 4) is 0 Å². The third-order valence-corrected chi connectivity index (χ3v) is 4.20. The molecule has 1 heterocycles. The molecule has 2 N–H and O–H groups in total. The van der Waals surface area contributed by atoms with E-state index in [2.05, 4.69) is 15.6 Å². The zero-order valence-electron chi connectivity index (χ0n) is 12.2. The Morgan fingerprint density at radius 1 is 1.17 bits per heavy atom. The molecule has 2 aromatic carbocycles. The van der Waals surface area contributed by atoms with E-state index < -0.39 is 0 Å². The van der Waals surface area contributed by atoms with Crippen LogP contribution in [0.5, 0.6) is 0 Å². The number of methoxy groups -OCH3 is 1. The number of carbonyl (C=O) groups excluding carboxylic acids is 1. The highest BCUT2D eigenvalue weighted by atomic mass is 32.1. The number of thiazole rings is 1. The van der Waals surface area contributed by atoms with Crippen molar-refractivity contribution in [2.75, 3.05) is 17.7 Å². The SMILES string of the molecule is COC(=O)c1ccc2nc(NC(=S)Nc3ccccc3)sc2c1. The molecule has 0 amide bonds. The van der Waals surface area contributed by atoms with Gasteiger partial charge in [-0.2, -0.15) is 0 Å². The minimum atomic E-state index is -0.365. The maximum Gasteiger partial charge on any atom is 0.337 e. The van der Waals surface area contributed by atoms with Crippen LogP contribution in [0.4, 0.5) is 10.8 Å². The fourth-order valence-electron chi connectivity index (χ4n) is 2.00. The molecule has 5 nitrogen and oxygen atoms in total. The first-order chi connectivity index (χ1) is 11.2. The topological polar surface area (TPSA) is 63.2 Å². The molecule has 0 saturated carbocycles. The number of carbonyl (C=O) groups is 1. The summed E-state index contributed by atoms with van der Waals surface area (Å²) in [5.41, 5.74) is 2.20. The minimum absolute atomic E-state index is 0.365. The zero-order chi connectivity index (χ0) is 16.2. The Hall–Kier alpha value is -2.51. The lowest BCUT2D eigenvalue weighted by Crippen LogP contribution is -2.18. The van der Waals surface area contributed by atoms with Gasteiger partial charge in [-0.3, -0.25) is 0 Å². The van der Waals surface area contributed by atoms with E-state index in [9.17, 15) is 4.79 Å². The number of nitrogens with zero attached hydrogens (tertiary/aromatic N) is 1. The second-order valence-electron chi connectivity index (χ2n) is 4.64. The molecule has 0 saturated heterocycles. The second-order valence-corrected chi connectivity index (χ2v) is 6.08. The van der Waals surface area contributed by atoms with E-state index in [4.69, 9.17) is 17.0 Å². The van der Waals surface area contributed by atoms with Crippen LogP contribution in [0.3, 0.4) is 0 Å². The molecule has 1 aromatic heterocycles. The number of nitrogens with one attached hydrogen (secondary N) is 2. The fraction of sp³-hybridized carbons (Fsp3) is 0.0625. The molecular weight excluding hydrogens is 330 g/mol. The lowest BCUT2D eigenvalue weighted by Gasteiger charge is -2.07. The van der Waals surface area contributed by atoms with Gasteiger partial charge in [-0.05, 0) is 42.5 Å². The Balaban J connectivity index is 1.75. The molecule has 0 atom stereocenters. The van der Waals surface area contributed by atoms with Gasteiger partial charge in [0.25, 0.3) is 0 Å². The number of thiocarbonyl (C=S) groups is 1. The molecule has 0 aliphatic rings. The number of ether oxygens (including phenoxy) is 1. The molecule has 116 valence electrons. The lowest BCUT2D eigenvalue weighted by molar-refractivity contribution is 0.0601. The highest BCUT2D eigenvalue weighted by Crippen LogP contribution is 2.27. The van der Waals surface area contributed by atoms with Crippen LogP contribution in [-0.4, -0.2) is 23.2 Å². The largest absolute Gasteiger partial charge is 0.465 e. The first-order valence-electron chi connectivity index (χ1n) is 6.77. The molecule has 0 radical (unpaired) electrons. The van der Waals surface area contributed by atoms with Gasteiger partial charge in [-0.25, -0.2) is 9.78 Å². The number of hydrogen-bond donors (Lipinski definition) is 2. The summed E-state index contributed by atoms with van der Waals surface area (Å²) >= 11 is 6.70. The number of rotatable bonds is 3. The molecule has 3 aromatic rings. The summed E-state index contributed by atoms with van der Waals surface area (Å²) in [4.78, 5) is 16.0. The highest BCUT2D eigenvalue weighted by molar-refractivity contribution is 7.80. The third-order valence-electron chi connectivity index (χ3n) is 3.06. The molecule has 23 heavy (non-hydrogen) atoms. The van der Waals surface area contributed by atoms with Crippen LogP contribution in [-0.2, 0) is 4.74 Å². The maximum absolute atomic E-state index is 11.6. The number of benzene rings is 2. The van der Waals surface area contributed by atoms with E-state index in [1.165, 1.54) is 18.4 Å². The van der Waals surface area contributed by atoms with Crippen molar-refractivity contribution in [2.45, 2.75) is 0 Å². The van der Waals surface area contributed by atoms with Crippen molar-refractivity contribution in [3.63, 3.8) is 0 Å². The molecular formula is C16H13N3O2S2. The average molecular weight is 343 g/mol. The highest BCUT2D eigenvalue weighted by Gasteiger charge is 2.10. The van der Waals surface area contributed by atoms with Gasteiger partial charge in [-0.15, -0.1) is 0 Å². The van der Waals surface area contributed by atoms with Crippen LogP contribution >= 0.6 is 23.6 Å². The number of aromatic nitrogens is 1. The van der Waals surface area contributed by atoms with E-state index in [1.54, 1.807) is 18.2 Å². The van der Waals surface area contributed by atoms with Crippen molar-refractivity contribution in [3.05, 3.63) is 54.1 Å². The average Bonchev–Trinajstić information content (AvgIpc) is 2.95. The molecule has 0 unspecified atom stereocenters. The summed E-state index contributed by atoms with van der Waals surface area (Å²) in [7, 11) is 1.36. The van der Waals surface area contributed by atoms with Crippen molar-refractivity contribution < 1.29 is 9.53 Å². The van der Waals surface area contributed by atoms with Crippen molar-refractivity contribution in [2.24, 2.45) is 0 Å². The third kappa shape index (κ3) is 3.64. The van der Waals surface area contributed by atoms with Crippen LogP contribution in [0.25, 0.3) is 10.2 Å². The predicted octanol–water partition coefficient (Wildman–Crippen LogP) is 3.89. The van der Waals surface area contributed by atoms with Gasteiger partial charge < -0.3 is 15.4 Å². The summed E-state index contributed by atoms with van der Waals surface area (Å²) in [5, 5.41) is 7.26. The summed E-state index contributed by atoms with van der Waals surface area (Å²) in [6.07, 6.45) is 0. The summed E-state index contributed by atoms with van der Waals surface area (Å²) in [5.74, 6) is -0.365. The Morgan fingerprint density at radius 2 is 1.96 bits per heavy atom. The van der Waals surface area contributed by atoms with Gasteiger partial charge in [0.2, 0.25) is 0 Å². The van der Waals surface area contributed by atoms with E-state index in [1.807, 2.05) is 30.3 Å². The van der Waals surface area contributed by atoms with Gasteiger partial charge >= 0.3 is 5.97 Å². The van der Waals surface area contributed by atoms with Crippen molar-refractivity contribution in [1.82, 2.24) is 4.98 Å². The number of hydrogen-bond acceptors (Lipinski definition) is 5. The van der Waals surface area contributed by atoms with Crippen LogP contribution < -0.4 is 10.6 Å². The minimum Gasteiger partial charge on any atom is -0.465 e. The smallest absolute Gasteiger partial charge is 0.337 e. The predicted molar refractivity (Wildman–Crippen MR) is 97.2 cm³/mol. The first-order valence-corrected chi connectivity index (χ1v) is 8.00. The van der Waals surface area contributed by atoms with Crippen molar-refractivity contribution in [1.29, 1.82) is 0 Å². The van der Waals surface area contributed by atoms with Crippen LogP contribution in [0, 0.1) is 0 Å². The van der Waals surface area contributed by atoms with E-state index in [-0.39, 0.29) is 5.97 Å². The molecule has 0 aliphatic heterocycles. The van der Waals surface area contributed by atoms with Gasteiger partial charge in [-0.1, -0.05) is 29.5 Å². The second kappa shape index (κ2) is 6.72. The van der Waals surface area contributed by atoms with E-state index in [0.717, 1.165) is 15.9 Å². The lowest BCUT2D eigenvalue weighted by atomic mass is 10.2. The van der Waals surface area contributed by atoms with Gasteiger partial charge in [0.1, 0.15) is 0 Å². The number of para-hydroxylation sites is 1. The Bertz CT molecular complexity index is 862. The molecule has 0 spiro atoms. The monoisotopic (exact) mass is 343 g/mol. The normalized spacial score (nSPS) is 10.3. The first kappa shape index (κ1) is 15.4. The maximum atomic E-state index is 11.6. The quantitative estimate of drug-likeness (QED) is 0.556. The standard InChI is InChI=1S/C16H13N3O2S2/c1-21-14(20)10-7-8-12-13(9-10)23-16(18-12)19-15(22)17-11-5-3-2-4-6-11/h2-9H,1H3,(H2,17,18,19,22). The van der Waals surface area contributed by atoms with Gasteiger partial charge in [0, 0.05) is 5.69 Å². The molecule has 0 bridgehead atoms. The molecule has 7 heteroatoms. The van der Waals surface area contributed by atoms with Crippen molar-refractivity contribution >= 4 is 55.7 Å². The molecule has 0 aliphatic carbocycles. The molecule has 0 fully saturated rings. The van der Waals surface area contributed by atoms with Crippen LogP contribution in [0.2, 0.25) is 0 Å². The van der Waals surface area contributed by atoms with Gasteiger partial charge in [0.05, 0.1) is 22.9 Å². The Kier molecular flexibility index (Phi) is 4.50. The summed E-state index contributed by atoms with van der Waals surface area (Å²) in [6.45, 7) is 0. The Labute approximate surface area is 142 Å². The van der Waals surface area contributed by atoms with Crippen LogP contribution in [0.1, 0.15) is 10.4 Å². The number of fused-ring (bicyclic) bond motifs is 1. The van der Waals surface area contributed by atoms with E-state index >= 15 is 0 Å². The number of esters is 1. The molecule has 3 rings (SSSR count). The Morgan fingerprint density at radius 3 is 2.70 bits per heavy atom.